The maximum absolute atomic E-state index is 4.84. The van der Waals surface area contributed by atoms with Gasteiger partial charge in [0.05, 0.1) is 0 Å². The molecule has 0 bridgehead atoms. The Bertz CT molecular complexity index is 402. The molecular formula is C11H15NO2. The second-order valence-electron chi connectivity index (χ2n) is 3.61. The van der Waals surface area contributed by atoms with Crippen molar-refractivity contribution in [3.8, 4) is 0 Å². The average molecular weight is 193 g/mol. The van der Waals surface area contributed by atoms with Crippen LogP contribution in [0.3, 0.4) is 0 Å². The van der Waals surface area contributed by atoms with E-state index in [-0.39, 0.29) is 0 Å². The van der Waals surface area contributed by atoms with Crippen LogP contribution >= 0.6 is 0 Å². The quantitative estimate of drug-likeness (QED) is 0.758. The molecule has 0 aliphatic carbocycles. The van der Waals surface area contributed by atoms with E-state index in [0.717, 1.165) is 24.1 Å². The smallest absolute Gasteiger partial charge is 0.225 e. The standard InChI is InChI=1S/C11H15NO2/c1-3-12-8(2)6-9-4-5-10-11(7-9)14-13-10/h4-5,7-8,12H,3,6H2,1-2H3/t8-/m1/s1. The second-order valence-corrected chi connectivity index (χ2v) is 3.61. The van der Waals surface area contributed by atoms with Crippen molar-refractivity contribution < 1.29 is 9.15 Å². The molecule has 0 fully saturated rings. The molecule has 0 aliphatic heterocycles. The summed E-state index contributed by atoms with van der Waals surface area (Å²) >= 11 is 0. The van der Waals surface area contributed by atoms with Crippen LogP contribution < -0.4 is 5.32 Å². The van der Waals surface area contributed by atoms with Gasteiger partial charge < -0.3 is 5.32 Å². The molecule has 1 heterocycles. The number of fused-ring (bicyclic) bond motifs is 1. The predicted octanol–water partition coefficient (Wildman–Crippen LogP) is 2.57. The first kappa shape index (κ1) is 9.34. The zero-order chi connectivity index (χ0) is 9.97. The van der Waals surface area contributed by atoms with Gasteiger partial charge in [-0.3, -0.25) is 9.15 Å². The molecule has 3 heteroatoms. The minimum Gasteiger partial charge on any atom is -0.314 e. The SMILES string of the molecule is CCN[C@H](C)Cc1ccc2ooc2c1. The van der Waals surface area contributed by atoms with Crippen LogP contribution in [0.4, 0.5) is 0 Å². The first-order chi connectivity index (χ1) is 6.79. The Labute approximate surface area is 83.0 Å². The van der Waals surface area contributed by atoms with Gasteiger partial charge in [-0.15, -0.1) is 0 Å². The van der Waals surface area contributed by atoms with E-state index in [1.165, 1.54) is 5.56 Å². The average Bonchev–Trinajstić information content (AvgIpc) is 2.10. The highest BCUT2D eigenvalue weighted by atomic mass is 17.0. The fraction of sp³-hybridized carbons (Fsp3) is 0.455. The molecule has 2 aromatic rings. The fourth-order valence-corrected chi connectivity index (χ4v) is 1.64. The van der Waals surface area contributed by atoms with Crippen molar-refractivity contribution in [2.75, 3.05) is 6.54 Å². The Balaban J connectivity index is 2.05. The topological polar surface area (TPSA) is 38.3 Å². The fourth-order valence-electron chi connectivity index (χ4n) is 1.64. The lowest BCUT2D eigenvalue weighted by Gasteiger charge is -2.12. The maximum Gasteiger partial charge on any atom is 0.225 e. The Morgan fingerprint density at radius 2 is 2.07 bits per heavy atom. The third-order valence-electron chi connectivity index (χ3n) is 2.32. The highest BCUT2D eigenvalue weighted by molar-refractivity contribution is 5.71. The van der Waals surface area contributed by atoms with Crippen LogP contribution in [-0.4, -0.2) is 12.6 Å². The molecule has 1 aromatic heterocycles. The van der Waals surface area contributed by atoms with Gasteiger partial charge in [0.25, 0.3) is 0 Å². The number of hydrogen-bond acceptors (Lipinski definition) is 3. The molecule has 0 amide bonds. The lowest BCUT2D eigenvalue weighted by atomic mass is 10.1. The monoisotopic (exact) mass is 193 g/mol. The summed E-state index contributed by atoms with van der Waals surface area (Å²) in [6, 6.07) is 6.56. The highest BCUT2D eigenvalue weighted by Crippen LogP contribution is 2.20. The van der Waals surface area contributed by atoms with Crippen LogP contribution in [0.25, 0.3) is 11.2 Å². The molecule has 0 unspecified atom stereocenters. The molecule has 0 spiro atoms. The van der Waals surface area contributed by atoms with E-state index in [1.54, 1.807) is 0 Å². The molecule has 0 aliphatic rings. The zero-order valence-electron chi connectivity index (χ0n) is 8.54. The van der Waals surface area contributed by atoms with Crippen molar-refractivity contribution in [3.63, 3.8) is 0 Å². The first-order valence-corrected chi connectivity index (χ1v) is 5.00. The van der Waals surface area contributed by atoms with Crippen LogP contribution in [-0.2, 0) is 6.42 Å². The Kier molecular flexibility index (Phi) is 2.59. The van der Waals surface area contributed by atoms with E-state index >= 15 is 0 Å². The molecule has 2 rings (SSSR count). The lowest BCUT2D eigenvalue weighted by molar-refractivity contribution is 0.0588. The van der Waals surface area contributed by atoms with Crippen molar-refractivity contribution >= 4 is 11.2 Å². The van der Waals surface area contributed by atoms with E-state index < -0.39 is 0 Å². The van der Waals surface area contributed by atoms with Crippen LogP contribution in [0.2, 0.25) is 0 Å². The molecule has 3 nitrogen and oxygen atoms in total. The molecule has 0 saturated heterocycles. The van der Waals surface area contributed by atoms with Gasteiger partial charge in [0, 0.05) is 6.04 Å². The predicted molar refractivity (Wildman–Crippen MR) is 55.3 cm³/mol. The largest absolute Gasteiger partial charge is 0.314 e. The van der Waals surface area contributed by atoms with E-state index in [4.69, 9.17) is 9.15 Å². The number of benzene rings is 1. The van der Waals surface area contributed by atoms with Crippen LogP contribution in [0.5, 0.6) is 0 Å². The van der Waals surface area contributed by atoms with Crippen molar-refractivity contribution in [2.24, 2.45) is 0 Å². The number of hydrogen-bond donors (Lipinski definition) is 1. The van der Waals surface area contributed by atoms with Crippen molar-refractivity contribution in [3.05, 3.63) is 23.8 Å². The van der Waals surface area contributed by atoms with Gasteiger partial charge in [0.1, 0.15) is 0 Å². The molecule has 0 radical (unpaired) electrons. The summed E-state index contributed by atoms with van der Waals surface area (Å²) in [5.41, 5.74) is 2.97. The Hall–Kier alpha value is -1.22. The molecule has 14 heavy (non-hydrogen) atoms. The normalized spacial score (nSPS) is 13.6. The van der Waals surface area contributed by atoms with Gasteiger partial charge >= 0.3 is 0 Å². The second kappa shape index (κ2) is 3.88. The summed E-state index contributed by atoms with van der Waals surface area (Å²) in [6.45, 7) is 5.30. The van der Waals surface area contributed by atoms with E-state index in [9.17, 15) is 0 Å². The minimum atomic E-state index is 0.499. The number of nitrogens with one attached hydrogen (secondary N) is 1. The van der Waals surface area contributed by atoms with Crippen LogP contribution in [0.15, 0.2) is 27.4 Å². The van der Waals surface area contributed by atoms with Gasteiger partial charge in [-0.1, -0.05) is 13.0 Å². The summed E-state index contributed by atoms with van der Waals surface area (Å²) < 4.78 is 9.61. The molecule has 76 valence electrons. The Morgan fingerprint density at radius 1 is 1.29 bits per heavy atom. The van der Waals surface area contributed by atoms with Gasteiger partial charge in [-0.05, 0) is 37.6 Å². The Morgan fingerprint density at radius 3 is 2.64 bits per heavy atom. The summed E-state index contributed by atoms with van der Waals surface area (Å²) in [4.78, 5) is 0. The van der Waals surface area contributed by atoms with E-state index in [2.05, 4.69) is 25.2 Å². The van der Waals surface area contributed by atoms with Gasteiger partial charge in [0.2, 0.25) is 11.2 Å². The molecule has 1 atom stereocenters. The summed E-state index contributed by atoms with van der Waals surface area (Å²) in [5, 5.41) is 3.37. The number of rotatable bonds is 4. The van der Waals surface area contributed by atoms with Crippen molar-refractivity contribution in [1.82, 2.24) is 5.32 Å². The highest BCUT2D eigenvalue weighted by Gasteiger charge is 2.07. The van der Waals surface area contributed by atoms with Crippen LogP contribution in [0, 0.1) is 0 Å². The van der Waals surface area contributed by atoms with Crippen molar-refractivity contribution in [1.29, 1.82) is 0 Å². The van der Waals surface area contributed by atoms with Gasteiger partial charge in [-0.25, -0.2) is 0 Å². The first-order valence-electron chi connectivity index (χ1n) is 5.00. The van der Waals surface area contributed by atoms with Crippen molar-refractivity contribution in [2.45, 2.75) is 26.3 Å². The molecule has 1 N–H and O–H groups in total. The molecule has 1 aromatic carbocycles. The van der Waals surface area contributed by atoms with Gasteiger partial charge in [0.15, 0.2) is 0 Å². The zero-order valence-corrected chi connectivity index (χ0v) is 8.54. The maximum atomic E-state index is 4.84. The summed E-state index contributed by atoms with van der Waals surface area (Å²) in [5.74, 6) is 0. The summed E-state index contributed by atoms with van der Waals surface area (Å²) in [7, 11) is 0. The van der Waals surface area contributed by atoms with Crippen LogP contribution in [0.1, 0.15) is 19.4 Å². The van der Waals surface area contributed by atoms with Gasteiger partial charge in [-0.2, -0.15) is 0 Å². The minimum absolute atomic E-state index is 0.499. The summed E-state index contributed by atoms with van der Waals surface area (Å²) in [6.07, 6.45) is 1.02. The molecule has 0 saturated carbocycles. The van der Waals surface area contributed by atoms with E-state index in [1.807, 2.05) is 12.1 Å². The lowest BCUT2D eigenvalue weighted by Crippen LogP contribution is -2.27. The van der Waals surface area contributed by atoms with E-state index in [0.29, 0.717) is 6.04 Å². The number of likely N-dealkylation sites (N-methyl/N-ethyl adjacent to an activating group) is 1. The molecular weight excluding hydrogens is 178 g/mol. The third kappa shape index (κ3) is 1.82. The third-order valence-corrected chi connectivity index (χ3v) is 2.32.